The molecule has 2 unspecified atom stereocenters. The summed E-state index contributed by atoms with van der Waals surface area (Å²) in [6.45, 7) is 0.711. The first-order valence-electron chi connectivity index (χ1n) is 7.45. The summed E-state index contributed by atoms with van der Waals surface area (Å²) in [5, 5.41) is 4.47. The van der Waals surface area contributed by atoms with Crippen LogP contribution in [-0.2, 0) is 0 Å². The van der Waals surface area contributed by atoms with E-state index in [4.69, 9.17) is 17.3 Å². The average molecular weight is 279 g/mol. The van der Waals surface area contributed by atoms with Gasteiger partial charge in [-0.2, -0.15) is 0 Å². The van der Waals surface area contributed by atoms with Gasteiger partial charge in [0.05, 0.1) is 0 Å². The Balaban J connectivity index is 1.74. The molecule has 2 atom stereocenters. The molecule has 0 spiro atoms. The quantitative estimate of drug-likeness (QED) is 0.872. The zero-order chi connectivity index (χ0) is 13.3. The van der Waals surface area contributed by atoms with Gasteiger partial charge < -0.3 is 11.1 Å². The largest absolute Gasteiger partial charge is 0.378 e. The lowest BCUT2D eigenvalue weighted by Gasteiger charge is -2.42. The van der Waals surface area contributed by atoms with Crippen LogP contribution in [0.4, 0.5) is 5.69 Å². The van der Waals surface area contributed by atoms with Gasteiger partial charge in [-0.15, -0.1) is 0 Å². The van der Waals surface area contributed by atoms with E-state index in [0.717, 1.165) is 22.5 Å². The SMILES string of the molecule is NCC1(Nc2cccc(Cl)c2)CCCC(C2CC2)C1. The molecule has 1 aromatic carbocycles. The van der Waals surface area contributed by atoms with Crippen LogP contribution < -0.4 is 11.1 Å². The Morgan fingerprint density at radius 2 is 2.11 bits per heavy atom. The summed E-state index contributed by atoms with van der Waals surface area (Å²) >= 11 is 6.07. The number of hydrogen-bond acceptors (Lipinski definition) is 2. The van der Waals surface area contributed by atoms with Gasteiger partial charge in [0.25, 0.3) is 0 Å². The smallest absolute Gasteiger partial charge is 0.0498 e. The second-order valence-corrected chi connectivity index (χ2v) is 6.75. The number of nitrogens with two attached hydrogens (primary N) is 1. The third kappa shape index (κ3) is 3.06. The van der Waals surface area contributed by atoms with E-state index in [1.165, 1.54) is 38.5 Å². The molecule has 19 heavy (non-hydrogen) atoms. The van der Waals surface area contributed by atoms with Crippen molar-refractivity contribution in [3.63, 3.8) is 0 Å². The van der Waals surface area contributed by atoms with Crippen LogP contribution in [-0.4, -0.2) is 12.1 Å². The van der Waals surface area contributed by atoms with Crippen molar-refractivity contribution in [2.75, 3.05) is 11.9 Å². The van der Waals surface area contributed by atoms with Crippen molar-refractivity contribution < 1.29 is 0 Å². The van der Waals surface area contributed by atoms with Crippen LogP contribution in [0.15, 0.2) is 24.3 Å². The van der Waals surface area contributed by atoms with E-state index in [1.807, 2.05) is 18.2 Å². The maximum Gasteiger partial charge on any atom is 0.0498 e. The molecule has 3 heteroatoms. The monoisotopic (exact) mass is 278 g/mol. The highest BCUT2D eigenvalue weighted by Crippen LogP contribution is 2.47. The van der Waals surface area contributed by atoms with E-state index in [2.05, 4.69) is 11.4 Å². The minimum Gasteiger partial charge on any atom is -0.378 e. The molecule has 0 radical (unpaired) electrons. The molecular weight excluding hydrogens is 256 g/mol. The summed E-state index contributed by atoms with van der Waals surface area (Å²) in [6.07, 6.45) is 7.96. The van der Waals surface area contributed by atoms with Gasteiger partial charge in [0, 0.05) is 22.8 Å². The molecule has 2 aliphatic rings. The van der Waals surface area contributed by atoms with Gasteiger partial charge in [-0.05, 0) is 55.7 Å². The summed E-state index contributed by atoms with van der Waals surface area (Å²) < 4.78 is 0. The molecule has 0 aromatic heterocycles. The summed E-state index contributed by atoms with van der Waals surface area (Å²) in [5.41, 5.74) is 7.30. The molecule has 0 aliphatic heterocycles. The van der Waals surface area contributed by atoms with Gasteiger partial charge in [0.2, 0.25) is 0 Å². The Hall–Kier alpha value is -0.730. The molecule has 0 saturated heterocycles. The molecule has 1 aromatic rings. The number of halogens is 1. The molecule has 3 N–H and O–H groups in total. The molecular formula is C16H23ClN2. The maximum absolute atomic E-state index is 6.11. The second kappa shape index (κ2) is 5.34. The fraction of sp³-hybridized carbons (Fsp3) is 0.625. The molecule has 104 valence electrons. The molecule has 0 bridgehead atoms. The molecule has 0 amide bonds. The van der Waals surface area contributed by atoms with Crippen molar-refractivity contribution in [3.8, 4) is 0 Å². The minimum absolute atomic E-state index is 0.0796. The summed E-state index contributed by atoms with van der Waals surface area (Å²) in [4.78, 5) is 0. The van der Waals surface area contributed by atoms with Crippen LogP contribution in [0.5, 0.6) is 0 Å². The van der Waals surface area contributed by atoms with Crippen molar-refractivity contribution >= 4 is 17.3 Å². The average Bonchev–Trinajstić information content (AvgIpc) is 3.23. The van der Waals surface area contributed by atoms with Gasteiger partial charge in [-0.25, -0.2) is 0 Å². The van der Waals surface area contributed by atoms with E-state index in [9.17, 15) is 0 Å². The zero-order valence-electron chi connectivity index (χ0n) is 11.4. The van der Waals surface area contributed by atoms with Crippen molar-refractivity contribution in [2.45, 2.75) is 44.1 Å². The molecule has 2 saturated carbocycles. The lowest BCUT2D eigenvalue weighted by Crippen LogP contribution is -2.49. The fourth-order valence-electron chi connectivity index (χ4n) is 3.60. The van der Waals surface area contributed by atoms with E-state index in [1.54, 1.807) is 0 Å². The van der Waals surface area contributed by atoms with Gasteiger partial charge >= 0.3 is 0 Å². The van der Waals surface area contributed by atoms with E-state index < -0.39 is 0 Å². The molecule has 2 aliphatic carbocycles. The van der Waals surface area contributed by atoms with Crippen LogP contribution in [0.25, 0.3) is 0 Å². The van der Waals surface area contributed by atoms with Crippen molar-refractivity contribution in [1.29, 1.82) is 0 Å². The number of anilines is 1. The highest BCUT2D eigenvalue weighted by molar-refractivity contribution is 6.30. The maximum atomic E-state index is 6.11. The van der Waals surface area contributed by atoms with E-state index in [0.29, 0.717) is 6.54 Å². The number of benzene rings is 1. The molecule has 3 rings (SSSR count). The summed E-state index contributed by atoms with van der Waals surface area (Å²) in [5.74, 6) is 1.86. The van der Waals surface area contributed by atoms with Gasteiger partial charge in [0.15, 0.2) is 0 Å². The highest BCUT2D eigenvalue weighted by atomic mass is 35.5. The van der Waals surface area contributed by atoms with Crippen molar-refractivity contribution in [3.05, 3.63) is 29.3 Å². The Kier molecular flexibility index (Phi) is 3.72. The Morgan fingerprint density at radius 3 is 2.79 bits per heavy atom. The van der Waals surface area contributed by atoms with Gasteiger partial charge in [-0.1, -0.05) is 30.5 Å². The Labute approximate surface area is 120 Å². The topological polar surface area (TPSA) is 38.0 Å². The fourth-order valence-corrected chi connectivity index (χ4v) is 3.79. The Bertz CT molecular complexity index is 444. The first-order valence-corrected chi connectivity index (χ1v) is 7.82. The standard InChI is InChI=1S/C16H23ClN2/c17-14-4-1-5-15(9-14)19-16(11-18)8-2-3-13(10-16)12-6-7-12/h1,4-5,9,12-13,19H,2-3,6-8,10-11,18H2. The molecule has 2 nitrogen and oxygen atoms in total. The number of hydrogen-bond donors (Lipinski definition) is 2. The normalized spacial score (nSPS) is 31.2. The lowest BCUT2D eigenvalue weighted by atomic mass is 9.73. The van der Waals surface area contributed by atoms with Crippen molar-refractivity contribution in [2.24, 2.45) is 17.6 Å². The van der Waals surface area contributed by atoms with Crippen molar-refractivity contribution in [1.82, 2.24) is 0 Å². The first-order chi connectivity index (χ1) is 9.21. The third-order valence-corrected chi connectivity index (χ3v) is 5.03. The predicted molar refractivity (Wildman–Crippen MR) is 81.5 cm³/mol. The molecule has 2 fully saturated rings. The first kappa shape index (κ1) is 13.3. The highest BCUT2D eigenvalue weighted by Gasteiger charge is 2.41. The van der Waals surface area contributed by atoms with Crippen LogP contribution >= 0.6 is 11.6 Å². The molecule has 0 heterocycles. The van der Waals surface area contributed by atoms with Crippen LogP contribution in [0.1, 0.15) is 38.5 Å². The minimum atomic E-state index is 0.0796. The third-order valence-electron chi connectivity index (χ3n) is 4.80. The summed E-state index contributed by atoms with van der Waals surface area (Å²) in [7, 11) is 0. The lowest BCUT2D eigenvalue weighted by molar-refractivity contribution is 0.228. The van der Waals surface area contributed by atoms with Gasteiger partial charge in [0.1, 0.15) is 0 Å². The van der Waals surface area contributed by atoms with Crippen LogP contribution in [0.2, 0.25) is 5.02 Å². The second-order valence-electron chi connectivity index (χ2n) is 6.31. The predicted octanol–water partition coefficient (Wildman–Crippen LogP) is 4.05. The zero-order valence-corrected chi connectivity index (χ0v) is 12.1. The van der Waals surface area contributed by atoms with E-state index in [-0.39, 0.29) is 5.54 Å². The van der Waals surface area contributed by atoms with E-state index >= 15 is 0 Å². The van der Waals surface area contributed by atoms with Gasteiger partial charge in [-0.3, -0.25) is 0 Å². The Morgan fingerprint density at radius 1 is 1.26 bits per heavy atom. The van der Waals surface area contributed by atoms with Crippen LogP contribution in [0, 0.1) is 11.8 Å². The van der Waals surface area contributed by atoms with Crippen LogP contribution in [0.3, 0.4) is 0 Å². The number of rotatable bonds is 4. The number of nitrogens with one attached hydrogen (secondary N) is 1. The summed E-state index contributed by atoms with van der Waals surface area (Å²) in [6, 6.07) is 8.00.